The zero-order valence-electron chi connectivity index (χ0n) is 9.22. The lowest BCUT2D eigenvalue weighted by Gasteiger charge is -2.17. The summed E-state index contributed by atoms with van der Waals surface area (Å²) in [6.07, 6.45) is 7.62. The Hall–Kier alpha value is -1.51. The molecule has 0 fully saturated rings. The van der Waals surface area contributed by atoms with Crippen molar-refractivity contribution in [3.63, 3.8) is 0 Å². The Labute approximate surface area is 104 Å². The molecule has 17 heavy (non-hydrogen) atoms. The van der Waals surface area contributed by atoms with Crippen LogP contribution in [0.4, 0.5) is 0 Å². The van der Waals surface area contributed by atoms with Crippen LogP contribution in [0.3, 0.4) is 0 Å². The molecule has 0 saturated carbocycles. The Morgan fingerprint density at radius 3 is 3.35 bits per heavy atom. The van der Waals surface area contributed by atoms with E-state index in [0.29, 0.717) is 6.42 Å². The predicted octanol–water partition coefficient (Wildman–Crippen LogP) is 1.62. The fourth-order valence-corrected chi connectivity index (χ4v) is 2.44. The van der Waals surface area contributed by atoms with Crippen LogP contribution in [0, 0.1) is 6.07 Å². The second-order valence-electron chi connectivity index (χ2n) is 3.71. The third-order valence-corrected chi connectivity index (χ3v) is 3.54. The number of hydrogen-bond acceptors (Lipinski definition) is 3. The molecule has 0 radical (unpaired) electrons. The molecule has 2 aliphatic rings. The van der Waals surface area contributed by atoms with E-state index in [-0.39, 0.29) is 5.91 Å². The summed E-state index contributed by atoms with van der Waals surface area (Å²) in [7, 11) is 0. The molecule has 0 aromatic rings. The van der Waals surface area contributed by atoms with Crippen LogP contribution in [-0.4, -0.2) is 22.9 Å². The number of carbonyl (C=O) groups is 1. The molecule has 2 heterocycles. The minimum absolute atomic E-state index is 0.328. The van der Waals surface area contributed by atoms with Crippen molar-refractivity contribution in [3.05, 3.63) is 39.9 Å². The minimum Gasteiger partial charge on any atom is -0.383 e. The summed E-state index contributed by atoms with van der Waals surface area (Å²) in [4.78, 5) is 16.0. The van der Waals surface area contributed by atoms with Gasteiger partial charge in [-0.15, -0.1) is 11.8 Å². The monoisotopic (exact) mass is 249 g/mol. The maximum atomic E-state index is 11.0. The SMILES string of the molecule is O=C1NC=C(SCC2=CCC#[N+]C=C2)CC1O. The van der Waals surface area contributed by atoms with Crippen molar-refractivity contribution in [2.45, 2.75) is 18.9 Å². The molecular weight excluding hydrogens is 236 g/mol. The van der Waals surface area contributed by atoms with Crippen LogP contribution in [0.5, 0.6) is 0 Å². The molecule has 88 valence electrons. The first-order chi connectivity index (χ1) is 8.25. The highest BCUT2D eigenvalue weighted by Gasteiger charge is 2.20. The summed E-state index contributed by atoms with van der Waals surface area (Å²) < 4.78 is 0. The molecule has 0 aliphatic carbocycles. The van der Waals surface area contributed by atoms with Gasteiger partial charge in [-0.2, -0.15) is 0 Å². The molecule has 2 rings (SSSR count). The molecule has 0 aromatic heterocycles. The Kier molecular flexibility index (Phi) is 4.02. The molecule has 4 nitrogen and oxygen atoms in total. The fraction of sp³-hybridized carbons (Fsp3) is 0.333. The second kappa shape index (κ2) is 5.71. The van der Waals surface area contributed by atoms with Crippen LogP contribution in [-0.2, 0) is 4.79 Å². The molecule has 0 spiro atoms. The van der Waals surface area contributed by atoms with Crippen LogP contribution in [0.15, 0.2) is 35.0 Å². The van der Waals surface area contributed by atoms with Crippen molar-refractivity contribution in [3.8, 4) is 6.07 Å². The van der Waals surface area contributed by atoms with E-state index < -0.39 is 6.10 Å². The van der Waals surface area contributed by atoms with Crippen LogP contribution in [0.1, 0.15) is 12.8 Å². The van der Waals surface area contributed by atoms with E-state index in [1.165, 1.54) is 5.57 Å². The standard InChI is InChI=1S/C12H12N2O2S/c15-11-6-10(7-14-12(11)16)17-8-9-2-1-4-13-5-3-9/h2-3,5,7,11,15H,1,6,8H2/p+1. The number of thioether (sulfide) groups is 1. The summed E-state index contributed by atoms with van der Waals surface area (Å²) in [5, 5.41) is 12.0. The van der Waals surface area contributed by atoms with Crippen molar-refractivity contribution in [1.82, 2.24) is 5.32 Å². The number of nitrogens with one attached hydrogen (secondary N) is 1. The van der Waals surface area contributed by atoms with Gasteiger partial charge in [0.15, 0.2) is 0 Å². The van der Waals surface area contributed by atoms with E-state index in [1.807, 2.05) is 6.08 Å². The van der Waals surface area contributed by atoms with Crippen molar-refractivity contribution < 1.29 is 9.90 Å². The minimum atomic E-state index is -0.919. The van der Waals surface area contributed by atoms with Crippen LogP contribution in [0.2, 0.25) is 0 Å². The zero-order valence-corrected chi connectivity index (χ0v) is 10.0. The summed E-state index contributed by atoms with van der Waals surface area (Å²) in [6, 6.07) is 2.87. The van der Waals surface area contributed by atoms with Gasteiger partial charge < -0.3 is 10.4 Å². The molecule has 1 amide bonds. The van der Waals surface area contributed by atoms with Gasteiger partial charge in [0.2, 0.25) is 0 Å². The molecule has 1 unspecified atom stereocenters. The number of aliphatic hydroxyl groups excluding tert-OH is 1. The predicted molar refractivity (Wildman–Crippen MR) is 68.4 cm³/mol. The summed E-state index contributed by atoms with van der Waals surface area (Å²) in [5.41, 5.74) is 1.18. The average Bonchev–Trinajstić information content (AvgIpc) is 2.59. The van der Waals surface area contributed by atoms with Crippen LogP contribution >= 0.6 is 11.8 Å². The van der Waals surface area contributed by atoms with E-state index in [0.717, 1.165) is 17.1 Å². The molecule has 0 aromatic carbocycles. The van der Waals surface area contributed by atoms with Gasteiger partial charge in [0.25, 0.3) is 12.0 Å². The van der Waals surface area contributed by atoms with E-state index in [1.54, 1.807) is 24.2 Å². The highest BCUT2D eigenvalue weighted by molar-refractivity contribution is 8.03. The Balaban J connectivity index is 1.87. The van der Waals surface area contributed by atoms with Crippen molar-refractivity contribution in [2.75, 3.05) is 5.75 Å². The lowest BCUT2D eigenvalue weighted by atomic mass is 10.2. The smallest absolute Gasteiger partial charge is 0.305 e. The zero-order chi connectivity index (χ0) is 12.1. The summed E-state index contributed by atoms with van der Waals surface area (Å²) in [5.74, 6) is 0.480. The number of nitrogens with zero attached hydrogens (tertiary/aromatic N) is 1. The van der Waals surface area contributed by atoms with Gasteiger partial charge in [-0.1, -0.05) is 6.08 Å². The second-order valence-corrected chi connectivity index (χ2v) is 4.82. The maximum absolute atomic E-state index is 11.0. The largest absolute Gasteiger partial charge is 0.383 e. The molecule has 1 atom stereocenters. The van der Waals surface area contributed by atoms with E-state index in [4.69, 9.17) is 0 Å². The van der Waals surface area contributed by atoms with Crippen LogP contribution in [0.25, 0.3) is 4.85 Å². The van der Waals surface area contributed by atoms with Gasteiger partial charge in [-0.3, -0.25) is 4.79 Å². The summed E-state index contributed by atoms with van der Waals surface area (Å²) in [6.45, 7) is 0. The first kappa shape index (κ1) is 12.0. The highest BCUT2D eigenvalue weighted by Crippen LogP contribution is 2.25. The quantitative estimate of drug-likeness (QED) is 0.799. The highest BCUT2D eigenvalue weighted by atomic mass is 32.2. The number of carbonyl (C=O) groups excluding carboxylic acids is 1. The Morgan fingerprint density at radius 1 is 1.65 bits per heavy atom. The van der Waals surface area contributed by atoms with Crippen LogP contribution < -0.4 is 5.32 Å². The topological polar surface area (TPSA) is 53.7 Å². The number of allylic oxidation sites excluding steroid dienone is 2. The maximum Gasteiger partial charge on any atom is 0.305 e. The first-order valence-corrected chi connectivity index (χ1v) is 6.33. The third-order valence-electron chi connectivity index (χ3n) is 2.41. The first-order valence-electron chi connectivity index (χ1n) is 5.34. The molecule has 5 heteroatoms. The lowest BCUT2D eigenvalue weighted by Crippen LogP contribution is -2.35. The van der Waals surface area contributed by atoms with Gasteiger partial charge in [0.1, 0.15) is 12.5 Å². The van der Waals surface area contributed by atoms with Gasteiger partial charge in [-0.05, 0) is 10.4 Å². The molecular formula is C12H13N2O2S+. The molecule has 0 saturated heterocycles. The van der Waals surface area contributed by atoms with E-state index in [9.17, 15) is 9.90 Å². The number of hydrogen-bond donors (Lipinski definition) is 2. The number of amides is 1. The average molecular weight is 249 g/mol. The lowest BCUT2D eigenvalue weighted by molar-refractivity contribution is -0.128. The van der Waals surface area contributed by atoms with Gasteiger partial charge in [0.05, 0.1) is 0 Å². The van der Waals surface area contributed by atoms with Gasteiger partial charge >= 0.3 is 6.20 Å². The van der Waals surface area contributed by atoms with E-state index in [2.05, 4.69) is 22.3 Å². The normalized spacial score (nSPS) is 22.9. The molecule has 0 bridgehead atoms. The van der Waals surface area contributed by atoms with E-state index >= 15 is 0 Å². The van der Waals surface area contributed by atoms with Gasteiger partial charge in [-0.25, -0.2) is 0 Å². The van der Waals surface area contributed by atoms with Crippen molar-refractivity contribution in [2.24, 2.45) is 0 Å². The molecule has 2 aliphatic heterocycles. The Morgan fingerprint density at radius 2 is 2.53 bits per heavy atom. The third kappa shape index (κ3) is 3.48. The number of aliphatic hydroxyl groups is 1. The molecule has 2 N–H and O–H groups in total. The van der Waals surface area contributed by atoms with Gasteiger partial charge in [0, 0.05) is 29.4 Å². The van der Waals surface area contributed by atoms with Crippen molar-refractivity contribution in [1.29, 1.82) is 0 Å². The summed E-state index contributed by atoms with van der Waals surface area (Å²) >= 11 is 1.62. The number of rotatable bonds is 3. The Bertz CT molecular complexity index is 469. The van der Waals surface area contributed by atoms with Crippen molar-refractivity contribution >= 4 is 17.7 Å². The fourth-order valence-electron chi connectivity index (χ4n) is 1.46.